The van der Waals surface area contributed by atoms with Crippen LogP contribution in [0, 0.1) is 5.92 Å². The topological polar surface area (TPSA) is 58.6 Å². The number of hydrogen-bond donors (Lipinski definition) is 1. The zero-order valence-electron chi connectivity index (χ0n) is 11.0. The van der Waals surface area contributed by atoms with Crippen molar-refractivity contribution < 1.29 is 14.3 Å². The zero-order valence-corrected chi connectivity index (χ0v) is 11.0. The second-order valence-electron chi connectivity index (χ2n) is 5.17. The molecule has 1 saturated carbocycles. The van der Waals surface area contributed by atoms with Crippen LogP contribution in [0.25, 0.3) is 0 Å². The fourth-order valence-electron chi connectivity index (χ4n) is 2.36. The van der Waals surface area contributed by atoms with Crippen LogP contribution in [0.4, 0.5) is 0 Å². The lowest BCUT2D eigenvalue weighted by Gasteiger charge is -2.30. The average Bonchev–Trinajstić information content (AvgIpc) is 3.13. The summed E-state index contributed by atoms with van der Waals surface area (Å²) >= 11 is 0. The summed E-state index contributed by atoms with van der Waals surface area (Å²) in [5, 5.41) is 2.97. The Bertz CT molecular complexity index is 315. The summed E-state index contributed by atoms with van der Waals surface area (Å²) < 4.78 is 5.04. The molecular weight excluding hydrogens is 232 g/mol. The van der Waals surface area contributed by atoms with E-state index in [9.17, 15) is 9.59 Å². The number of carbonyl (C=O) groups is 2. The van der Waals surface area contributed by atoms with Gasteiger partial charge in [0.1, 0.15) is 0 Å². The van der Waals surface area contributed by atoms with Crippen LogP contribution in [0.1, 0.15) is 32.6 Å². The number of nitrogens with zero attached hydrogens (tertiary/aromatic N) is 1. The van der Waals surface area contributed by atoms with Crippen LogP contribution >= 0.6 is 0 Å². The standard InChI is InChI=1S/C13H22N2O3/c1-2-18-13(17)10-4-3-7-15(8-10)9-12(16)14-11-5-6-11/h10-11H,2-9H2,1H3,(H,14,16)/t10-/m1/s1. The highest BCUT2D eigenvalue weighted by atomic mass is 16.5. The molecule has 0 aromatic carbocycles. The molecule has 5 heteroatoms. The van der Waals surface area contributed by atoms with Gasteiger partial charge >= 0.3 is 5.97 Å². The second kappa shape index (κ2) is 6.18. The van der Waals surface area contributed by atoms with Crippen molar-refractivity contribution in [2.75, 3.05) is 26.2 Å². The first-order valence-corrected chi connectivity index (χ1v) is 6.87. The molecule has 1 atom stereocenters. The van der Waals surface area contributed by atoms with Gasteiger partial charge in [-0.25, -0.2) is 0 Å². The minimum Gasteiger partial charge on any atom is -0.466 e. The highest BCUT2D eigenvalue weighted by molar-refractivity contribution is 5.79. The summed E-state index contributed by atoms with van der Waals surface area (Å²) in [5.41, 5.74) is 0. The third-order valence-electron chi connectivity index (χ3n) is 3.44. The van der Waals surface area contributed by atoms with Gasteiger partial charge in [-0.3, -0.25) is 14.5 Å². The molecule has 0 radical (unpaired) electrons. The molecule has 2 rings (SSSR count). The maximum absolute atomic E-state index is 11.7. The fraction of sp³-hybridized carbons (Fsp3) is 0.846. The normalized spacial score (nSPS) is 24.6. The summed E-state index contributed by atoms with van der Waals surface area (Å²) in [6.45, 7) is 4.20. The summed E-state index contributed by atoms with van der Waals surface area (Å²) in [5.74, 6) is -0.0979. The minimum atomic E-state index is -0.121. The lowest BCUT2D eigenvalue weighted by Crippen LogP contribution is -2.45. The number of esters is 1. The zero-order chi connectivity index (χ0) is 13.0. The van der Waals surface area contributed by atoms with E-state index < -0.39 is 0 Å². The second-order valence-corrected chi connectivity index (χ2v) is 5.17. The minimum absolute atomic E-state index is 0.0626. The van der Waals surface area contributed by atoms with Crippen molar-refractivity contribution in [3.63, 3.8) is 0 Å². The maximum atomic E-state index is 11.7. The summed E-state index contributed by atoms with van der Waals surface area (Å²) in [6, 6.07) is 0.406. The third kappa shape index (κ3) is 3.98. The van der Waals surface area contributed by atoms with Crippen LogP contribution in [-0.4, -0.2) is 49.1 Å². The lowest BCUT2D eigenvalue weighted by molar-refractivity contribution is -0.150. The van der Waals surface area contributed by atoms with Gasteiger partial charge < -0.3 is 10.1 Å². The van der Waals surface area contributed by atoms with E-state index >= 15 is 0 Å². The Hall–Kier alpha value is -1.10. The summed E-state index contributed by atoms with van der Waals surface area (Å²) in [6.07, 6.45) is 4.05. The van der Waals surface area contributed by atoms with E-state index in [1.807, 2.05) is 6.92 Å². The molecule has 0 aromatic heterocycles. The number of ether oxygens (including phenoxy) is 1. The largest absolute Gasteiger partial charge is 0.466 e. The van der Waals surface area contributed by atoms with Gasteiger partial charge in [-0.15, -0.1) is 0 Å². The lowest BCUT2D eigenvalue weighted by atomic mass is 9.98. The number of carbonyl (C=O) groups excluding carboxylic acids is 2. The van der Waals surface area contributed by atoms with Gasteiger partial charge in [0.2, 0.25) is 5.91 Å². The van der Waals surface area contributed by atoms with Crippen molar-refractivity contribution >= 4 is 11.9 Å². The molecule has 5 nitrogen and oxygen atoms in total. The van der Waals surface area contributed by atoms with E-state index in [1.54, 1.807) is 0 Å². The molecule has 0 bridgehead atoms. The molecule has 2 fully saturated rings. The number of rotatable bonds is 5. The smallest absolute Gasteiger partial charge is 0.310 e. The predicted octanol–water partition coefficient (Wildman–Crippen LogP) is 0.540. The molecule has 18 heavy (non-hydrogen) atoms. The molecule has 1 amide bonds. The number of hydrogen-bond acceptors (Lipinski definition) is 4. The SMILES string of the molecule is CCOC(=O)[C@@H]1CCCN(CC(=O)NC2CC2)C1. The fourth-order valence-corrected chi connectivity index (χ4v) is 2.36. The Balaban J connectivity index is 1.74. The van der Waals surface area contributed by atoms with Crippen molar-refractivity contribution in [1.29, 1.82) is 0 Å². The van der Waals surface area contributed by atoms with Gasteiger partial charge in [-0.2, -0.15) is 0 Å². The Morgan fingerprint density at radius 3 is 2.78 bits per heavy atom. The van der Waals surface area contributed by atoms with Crippen LogP contribution in [0.2, 0.25) is 0 Å². The molecule has 1 saturated heterocycles. The van der Waals surface area contributed by atoms with Crippen LogP contribution in [-0.2, 0) is 14.3 Å². The van der Waals surface area contributed by atoms with Gasteiger partial charge in [0.15, 0.2) is 0 Å². The van der Waals surface area contributed by atoms with Crippen molar-refractivity contribution in [3.8, 4) is 0 Å². The molecular formula is C13H22N2O3. The third-order valence-corrected chi connectivity index (χ3v) is 3.44. The van der Waals surface area contributed by atoms with Gasteiger partial charge in [0.25, 0.3) is 0 Å². The van der Waals surface area contributed by atoms with Gasteiger partial charge in [0.05, 0.1) is 19.1 Å². The van der Waals surface area contributed by atoms with Gasteiger partial charge in [0, 0.05) is 12.6 Å². The predicted molar refractivity (Wildman–Crippen MR) is 67.0 cm³/mol. The van der Waals surface area contributed by atoms with Crippen LogP contribution in [0.3, 0.4) is 0 Å². The highest BCUT2D eigenvalue weighted by Gasteiger charge is 2.29. The monoisotopic (exact) mass is 254 g/mol. The molecule has 1 aliphatic carbocycles. The number of nitrogens with one attached hydrogen (secondary N) is 1. The van der Waals surface area contributed by atoms with E-state index in [0.29, 0.717) is 25.7 Å². The molecule has 102 valence electrons. The molecule has 1 heterocycles. The van der Waals surface area contributed by atoms with Crippen molar-refractivity contribution in [3.05, 3.63) is 0 Å². The van der Waals surface area contributed by atoms with Crippen LogP contribution < -0.4 is 5.32 Å². The van der Waals surface area contributed by atoms with Crippen molar-refractivity contribution in [2.24, 2.45) is 5.92 Å². The summed E-state index contributed by atoms with van der Waals surface area (Å²) in [4.78, 5) is 25.4. The Morgan fingerprint density at radius 1 is 1.33 bits per heavy atom. The molecule has 0 spiro atoms. The maximum Gasteiger partial charge on any atom is 0.310 e. The van der Waals surface area contributed by atoms with Crippen LogP contribution in [0.5, 0.6) is 0 Å². The number of likely N-dealkylation sites (tertiary alicyclic amines) is 1. The Kier molecular flexibility index (Phi) is 4.58. The molecule has 1 aliphatic heterocycles. The van der Waals surface area contributed by atoms with E-state index in [0.717, 1.165) is 32.2 Å². The highest BCUT2D eigenvalue weighted by Crippen LogP contribution is 2.20. The van der Waals surface area contributed by atoms with E-state index in [-0.39, 0.29) is 17.8 Å². The van der Waals surface area contributed by atoms with Crippen molar-refractivity contribution in [1.82, 2.24) is 10.2 Å². The summed E-state index contributed by atoms with van der Waals surface area (Å²) in [7, 11) is 0. The molecule has 2 aliphatic rings. The molecule has 1 N–H and O–H groups in total. The molecule has 0 aromatic rings. The van der Waals surface area contributed by atoms with Crippen LogP contribution in [0.15, 0.2) is 0 Å². The van der Waals surface area contributed by atoms with Crippen molar-refractivity contribution in [2.45, 2.75) is 38.6 Å². The van der Waals surface area contributed by atoms with Gasteiger partial charge in [-0.1, -0.05) is 0 Å². The average molecular weight is 254 g/mol. The van der Waals surface area contributed by atoms with E-state index in [4.69, 9.17) is 4.74 Å². The quantitative estimate of drug-likeness (QED) is 0.728. The number of piperidine rings is 1. The van der Waals surface area contributed by atoms with Gasteiger partial charge in [-0.05, 0) is 39.2 Å². The first-order chi connectivity index (χ1) is 8.69. The Morgan fingerprint density at radius 2 is 2.11 bits per heavy atom. The van der Waals surface area contributed by atoms with E-state index in [2.05, 4.69) is 10.2 Å². The van der Waals surface area contributed by atoms with E-state index in [1.165, 1.54) is 0 Å². The number of amides is 1. The first kappa shape index (κ1) is 13.3. The first-order valence-electron chi connectivity index (χ1n) is 6.87. The molecule has 0 unspecified atom stereocenters. The Labute approximate surface area is 108 Å².